The van der Waals surface area contributed by atoms with Gasteiger partial charge in [0.05, 0.1) is 31.6 Å². The lowest BCUT2D eigenvalue weighted by atomic mass is 10.1. The number of thiophene rings is 1. The Morgan fingerprint density at radius 2 is 1.83 bits per heavy atom. The number of nitrogens with two attached hydrogens (primary N) is 1. The number of esters is 3. The zero-order chi connectivity index (χ0) is 21.8. The number of ether oxygens (including phenoxy) is 3. The van der Waals surface area contributed by atoms with Crippen molar-refractivity contribution in [2.45, 2.75) is 23.2 Å². The number of fused-ring (bicyclic) bond motifs is 1. The number of methoxy groups -OCH3 is 2. The second kappa shape index (κ2) is 9.18. The van der Waals surface area contributed by atoms with Crippen LogP contribution in [-0.2, 0) is 30.4 Å². The van der Waals surface area contributed by atoms with Gasteiger partial charge in [0.25, 0.3) is 0 Å². The van der Waals surface area contributed by atoms with E-state index in [1.54, 1.807) is 12.1 Å². The summed E-state index contributed by atoms with van der Waals surface area (Å²) in [5, 5.41) is 2.13. The average Bonchev–Trinajstić information content (AvgIpc) is 3.07. The van der Waals surface area contributed by atoms with Crippen LogP contribution >= 0.6 is 23.1 Å². The molecule has 2 heterocycles. The molecule has 2 aromatic rings. The average molecular weight is 450 g/mol. The summed E-state index contributed by atoms with van der Waals surface area (Å²) in [7, 11) is 2.35. The van der Waals surface area contributed by atoms with Crippen LogP contribution in [0.1, 0.15) is 32.0 Å². The third-order valence-corrected chi connectivity index (χ3v) is 6.55. The SMILES string of the molecule is COC(=O)c1sc(N)c(C(=O)OC)c1COC(=O)C[C@H]1Sc2ccccc2NC1=O. The minimum absolute atomic E-state index is 0.0434. The molecular weight excluding hydrogens is 432 g/mol. The molecule has 0 unspecified atom stereocenters. The number of para-hydroxylation sites is 1. The molecule has 1 atom stereocenters. The van der Waals surface area contributed by atoms with Crippen molar-refractivity contribution in [2.75, 3.05) is 25.3 Å². The predicted molar refractivity (Wildman–Crippen MR) is 111 cm³/mol. The molecular formula is C19H18N2O7S2. The molecule has 0 saturated heterocycles. The Bertz CT molecular complexity index is 1020. The first-order valence-electron chi connectivity index (χ1n) is 8.65. The lowest BCUT2D eigenvalue weighted by Crippen LogP contribution is -2.31. The van der Waals surface area contributed by atoms with Crippen molar-refractivity contribution in [1.82, 2.24) is 0 Å². The number of nitrogens with one attached hydrogen (secondary N) is 1. The number of thioether (sulfide) groups is 1. The van der Waals surface area contributed by atoms with E-state index in [4.69, 9.17) is 19.9 Å². The number of anilines is 2. The highest BCUT2D eigenvalue weighted by atomic mass is 32.2. The molecule has 0 saturated carbocycles. The Balaban J connectivity index is 1.72. The molecule has 158 valence electrons. The minimum Gasteiger partial charge on any atom is -0.465 e. The van der Waals surface area contributed by atoms with Crippen LogP contribution in [0.3, 0.4) is 0 Å². The van der Waals surface area contributed by atoms with E-state index in [-0.39, 0.29) is 33.3 Å². The third-order valence-electron chi connectivity index (χ3n) is 4.23. The maximum atomic E-state index is 12.4. The lowest BCUT2D eigenvalue weighted by molar-refractivity contribution is -0.145. The van der Waals surface area contributed by atoms with Crippen LogP contribution in [0.15, 0.2) is 29.2 Å². The largest absolute Gasteiger partial charge is 0.465 e. The number of amides is 1. The fraction of sp³-hybridized carbons (Fsp3) is 0.263. The first-order chi connectivity index (χ1) is 14.3. The topological polar surface area (TPSA) is 134 Å². The van der Waals surface area contributed by atoms with Gasteiger partial charge in [0.2, 0.25) is 5.91 Å². The number of hydrogen-bond acceptors (Lipinski definition) is 10. The van der Waals surface area contributed by atoms with Crippen molar-refractivity contribution in [1.29, 1.82) is 0 Å². The molecule has 1 amide bonds. The monoisotopic (exact) mass is 450 g/mol. The van der Waals surface area contributed by atoms with Crippen LogP contribution in [0, 0.1) is 0 Å². The Morgan fingerprint density at radius 1 is 1.13 bits per heavy atom. The fourth-order valence-corrected chi connectivity index (χ4v) is 4.87. The van der Waals surface area contributed by atoms with Crippen LogP contribution in [-0.4, -0.2) is 43.3 Å². The molecule has 11 heteroatoms. The van der Waals surface area contributed by atoms with Gasteiger partial charge in [-0.05, 0) is 12.1 Å². The molecule has 0 bridgehead atoms. The quantitative estimate of drug-likeness (QED) is 0.503. The number of carbonyl (C=O) groups is 4. The van der Waals surface area contributed by atoms with Gasteiger partial charge in [0.1, 0.15) is 22.0 Å². The molecule has 9 nitrogen and oxygen atoms in total. The molecule has 0 aliphatic carbocycles. The van der Waals surface area contributed by atoms with E-state index in [2.05, 4.69) is 5.32 Å². The van der Waals surface area contributed by atoms with Crippen molar-refractivity contribution < 1.29 is 33.4 Å². The van der Waals surface area contributed by atoms with E-state index in [0.717, 1.165) is 16.2 Å². The summed E-state index contributed by atoms with van der Waals surface area (Å²) in [6.07, 6.45) is -0.189. The number of benzene rings is 1. The van der Waals surface area contributed by atoms with Gasteiger partial charge in [-0.25, -0.2) is 9.59 Å². The number of hydrogen-bond donors (Lipinski definition) is 2. The Kier molecular flexibility index (Phi) is 6.63. The Labute approximate surface area is 179 Å². The molecule has 1 aliphatic rings. The molecule has 1 aromatic carbocycles. The first-order valence-corrected chi connectivity index (χ1v) is 10.3. The fourth-order valence-electron chi connectivity index (χ4n) is 2.80. The van der Waals surface area contributed by atoms with E-state index < -0.39 is 29.8 Å². The van der Waals surface area contributed by atoms with Crippen LogP contribution in [0.25, 0.3) is 0 Å². The summed E-state index contributed by atoms with van der Waals surface area (Å²) in [5.41, 5.74) is 6.59. The van der Waals surface area contributed by atoms with Gasteiger partial charge >= 0.3 is 17.9 Å². The van der Waals surface area contributed by atoms with Crippen LogP contribution < -0.4 is 11.1 Å². The standard InChI is InChI=1S/C19H18N2O7S2/c1-26-18(24)14-9(15(19(25)27-2)30-16(14)20)8-28-13(22)7-12-17(23)21-10-5-3-4-6-11(10)29-12/h3-6,12H,7-8,20H2,1-2H3,(H,21,23)/t12-/m1/s1. The van der Waals surface area contributed by atoms with E-state index in [9.17, 15) is 19.2 Å². The van der Waals surface area contributed by atoms with Crippen molar-refractivity contribution in [3.8, 4) is 0 Å². The zero-order valence-corrected chi connectivity index (χ0v) is 17.7. The molecule has 0 fully saturated rings. The smallest absolute Gasteiger partial charge is 0.348 e. The summed E-state index contributed by atoms with van der Waals surface area (Å²) in [4.78, 5) is 49.6. The summed E-state index contributed by atoms with van der Waals surface area (Å²) in [6.45, 7) is -0.392. The number of nitrogen functional groups attached to an aromatic ring is 1. The summed E-state index contributed by atoms with van der Waals surface area (Å²) in [5.74, 6) is -2.45. The van der Waals surface area contributed by atoms with Crippen LogP contribution in [0.5, 0.6) is 0 Å². The molecule has 3 N–H and O–H groups in total. The van der Waals surface area contributed by atoms with Gasteiger partial charge in [-0.2, -0.15) is 0 Å². The van der Waals surface area contributed by atoms with Gasteiger partial charge < -0.3 is 25.3 Å². The highest BCUT2D eigenvalue weighted by Gasteiger charge is 2.31. The van der Waals surface area contributed by atoms with Crippen molar-refractivity contribution in [3.63, 3.8) is 0 Å². The van der Waals surface area contributed by atoms with Gasteiger partial charge in [0.15, 0.2) is 0 Å². The van der Waals surface area contributed by atoms with E-state index >= 15 is 0 Å². The second-order valence-corrected chi connectivity index (χ2v) is 8.39. The molecule has 1 aliphatic heterocycles. The minimum atomic E-state index is -0.760. The molecule has 1 aromatic heterocycles. The summed E-state index contributed by atoms with van der Waals surface area (Å²) < 4.78 is 14.7. The molecule has 0 radical (unpaired) electrons. The van der Waals surface area contributed by atoms with E-state index in [0.29, 0.717) is 5.69 Å². The zero-order valence-electron chi connectivity index (χ0n) is 16.1. The lowest BCUT2D eigenvalue weighted by Gasteiger charge is -2.23. The van der Waals surface area contributed by atoms with E-state index in [1.807, 2.05) is 12.1 Å². The number of rotatable bonds is 6. The maximum Gasteiger partial charge on any atom is 0.348 e. The maximum absolute atomic E-state index is 12.4. The van der Waals surface area contributed by atoms with Gasteiger partial charge in [0, 0.05) is 10.5 Å². The normalized spacial score (nSPS) is 15.0. The highest BCUT2D eigenvalue weighted by Crippen LogP contribution is 2.37. The van der Waals surface area contributed by atoms with Crippen molar-refractivity contribution >= 4 is 57.6 Å². The molecule has 30 heavy (non-hydrogen) atoms. The number of carbonyl (C=O) groups excluding carboxylic acids is 4. The van der Waals surface area contributed by atoms with E-state index in [1.165, 1.54) is 26.0 Å². The Morgan fingerprint density at radius 3 is 2.53 bits per heavy atom. The predicted octanol–water partition coefficient (Wildman–Crippen LogP) is 2.45. The Hall–Kier alpha value is -3.05. The third kappa shape index (κ3) is 4.41. The molecule has 3 rings (SSSR count). The summed E-state index contributed by atoms with van der Waals surface area (Å²) >= 11 is 2.10. The van der Waals surface area contributed by atoms with Gasteiger partial charge in [-0.1, -0.05) is 12.1 Å². The van der Waals surface area contributed by atoms with Gasteiger partial charge in [-0.15, -0.1) is 23.1 Å². The van der Waals surface area contributed by atoms with Gasteiger partial charge in [-0.3, -0.25) is 9.59 Å². The highest BCUT2D eigenvalue weighted by molar-refractivity contribution is 8.01. The van der Waals surface area contributed by atoms with Crippen molar-refractivity contribution in [3.05, 3.63) is 40.3 Å². The van der Waals surface area contributed by atoms with Crippen molar-refractivity contribution in [2.24, 2.45) is 0 Å². The molecule has 0 spiro atoms. The van der Waals surface area contributed by atoms with Crippen LogP contribution in [0.4, 0.5) is 10.7 Å². The second-order valence-electron chi connectivity index (χ2n) is 6.09. The summed E-state index contributed by atoms with van der Waals surface area (Å²) in [6, 6.07) is 7.26. The van der Waals surface area contributed by atoms with Crippen LogP contribution in [0.2, 0.25) is 0 Å². The first kappa shape index (κ1) is 21.7.